The summed E-state index contributed by atoms with van der Waals surface area (Å²) in [6.45, 7) is 2.26. The molecule has 1 atom stereocenters. The van der Waals surface area contributed by atoms with Crippen LogP contribution in [-0.4, -0.2) is 37.7 Å². The maximum absolute atomic E-state index is 14.1. The Labute approximate surface area is 198 Å². The molecule has 3 aliphatic rings. The van der Waals surface area contributed by atoms with Crippen LogP contribution in [0.5, 0.6) is 5.75 Å². The Hall–Kier alpha value is -3.16. The van der Waals surface area contributed by atoms with Gasteiger partial charge >= 0.3 is 0 Å². The first-order valence-corrected chi connectivity index (χ1v) is 12.4. The summed E-state index contributed by atoms with van der Waals surface area (Å²) in [5.74, 6) is 2.36. The fourth-order valence-electron chi connectivity index (χ4n) is 5.87. The van der Waals surface area contributed by atoms with Crippen molar-refractivity contribution < 1.29 is 13.9 Å². The first-order valence-electron chi connectivity index (χ1n) is 12.4. The molecular weight excluding hydrogens is 433 g/mol. The minimum atomic E-state index is -0.514. The standard InChI is InChI=1S/C26H30FN5O2/c1-16-32(21-8-5-18(6-9-21)17-3-2-4-17)26(33)22-15-29-31-12-11-24(30-25(22)31)28-14-19-13-20(27)7-10-23(19)34-16/h7,10-13,15-18,21H,2-6,8-9,14H2,1H3,(H,28,30)/t16-,18?,21?/m0/s1. The van der Waals surface area contributed by atoms with Crippen molar-refractivity contribution in [1.82, 2.24) is 19.5 Å². The van der Waals surface area contributed by atoms with Crippen LogP contribution in [0.15, 0.2) is 36.7 Å². The van der Waals surface area contributed by atoms with E-state index in [-0.39, 0.29) is 17.8 Å². The molecule has 2 fully saturated rings. The number of carbonyl (C=O) groups excluding carboxylic acids is 1. The third-order valence-electron chi connectivity index (χ3n) is 7.96. The molecule has 1 aromatic carbocycles. The van der Waals surface area contributed by atoms with Crippen molar-refractivity contribution in [2.75, 3.05) is 5.32 Å². The quantitative estimate of drug-likeness (QED) is 0.578. The molecular formula is C26H30FN5O2. The van der Waals surface area contributed by atoms with Gasteiger partial charge in [0.05, 0.1) is 6.20 Å². The molecule has 34 heavy (non-hydrogen) atoms. The summed E-state index contributed by atoms with van der Waals surface area (Å²) in [6.07, 6.45) is 11.2. The molecule has 0 unspecified atom stereocenters. The molecule has 3 heterocycles. The summed E-state index contributed by atoms with van der Waals surface area (Å²) >= 11 is 0. The van der Waals surface area contributed by atoms with Crippen molar-refractivity contribution in [3.8, 4) is 5.75 Å². The number of anilines is 1. The van der Waals surface area contributed by atoms with Crippen LogP contribution in [0, 0.1) is 17.7 Å². The highest BCUT2D eigenvalue weighted by Crippen LogP contribution is 2.42. The number of halogens is 1. The third-order valence-corrected chi connectivity index (χ3v) is 7.96. The van der Waals surface area contributed by atoms with Gasteiger partial charge in [-0.15, -0.1) is 0 Å². The minimum absolute atomic E-state index is 0.0851. The molecule has 1 aliphatic heterocycles. The number of nitrogens with one attached hydrogen (secondary N) is 1. The maximum Gasteiger partial charge on any atom is 0.262 e. The zero-order chi connectivity index (χ0) is 23.2. The molecule has 0 saturated heterocycles. The van der Waals surface area contributed by atoms with Crippen molar-refractivity contribution in [3.63, 3.8) is 0 Å². The third kappa shape index (κ3) is 3.79. The van der Waals surface area contributed by atoms with Gasteiger partial charge in [-0.05, 0) is 68.7 Å². The first kappa shape index (κ1) is 21.4. The van der Waals surface area contributed by atoms with E-state index in [1.807, 2.05) is 11.8 Å². The van der Waals surface area contributed by atoms with Crippen molar-refractivity contribution in [3.05, 3.63) is 53.6 Å². The highest BCUT2D eigenvalue weighted by Gasteiger charge is 2.38. The monoisotopic (exact) mass is 463 g/mol. The molecule has 6 rings (SSSR count). The molecule has 1 N–H and O–H groups in total. The molecule has 0 radical (unpaired) electrons. The highest BCUT2D eigenvalue weighted by molar-refractivity contribution is 6.00. The Morgan fingerprint density at radius 3 is 2.65 bits per heavy atom. The zero-order valence-electron chi connectivity index (χ0n) is 19.4. The molecule has 3 aromatic rings. The Morgan fingerprint density at radius 1 is 1.09 bits per heavy atom. The Balaban J connectivity index is 1.38. The molecule has 1 amide bonds. The lowest BCUT2D eigenvalue weighted by Crippen LogP contribution is -2.50. The van der Waals surface area contributed by atoms with E-state index >= 15 is 0 Å². The topological polar surface area (TPSA) is 71.8 Å². The van der Waals surface area contributed by atoms with Gasteiger partial charge in [-0.1, -0.05) is 19.3 Å². The lowest BCUT2D eigenvalue weighted by molar-refractivity contribution is -0.00553. The molecule has 2 bridgehead atoms. The maximum atomic E-state index is 14.1. The first-order chi connectivity index (χ1) is 16.6. The van der Waals surface area contributed by atoms with Gasteiger partial charge in [0.25, 0.3) is 5.91 Å². The van der Waals surface area contributed by atoms with Gasteiger partial charge in [-0.2, -0.15) is 5.10 Å². The SMILES string of the molecule is C[C@@H]1Oc2ccc(F)cc2CNc2ccn3ncc(c3n2)C(=O)N1C1CCC(C2CCC2)CC1. The second-order valence-corrected chi connectivity index (χ2v) is 9.93. The number of hydrogen-bond donors (Lipinski definition) is 1. The van der Waals surface area contributed by atoms with Crippen molar-refractivity contribution in [2.45, 2.75) is 70.7 Å². The van der Waals surface area contributed by atoms with Crippen LogP contribution < -0.4 is 10.1 Å². The van der Waals surface area contributed by atoms with Gasteiger partial charge in [-0.3, -0.25) is 9.69 Å². The van der Waals surface area contributed by atoms with Crippen LogP contribution in [0.25, 0.3) is 5.65 Å². The lowest BCUT2D eigenvalue weighted by Gasteiger charge is -2.43. The second kappa shape index (κ2) is 8.56. The lowest BCUT2D eigenvalue weighted by atomic mass is 9.69. The summed E-state index contributed by atoms with van der Waals surface area (Å²) < 4.78 is 22.0. The van der Waals surface area contributed by atoms with Gasteiger partial charge in [0.15, 0.2) is 11.9 Å². The van der Waals surface area contributed by atoms with E-state index in [4.69, 9.17) is 4.74 Å². The van der Waals surface area contributed by atoms with Crippen molar-refractivity contribution >= 4 is 17.4 Å². The summed E-state index contributed by atoms with van der Waals surface area (Å²) in [5.41, 5.74) is 1.67. The minimum Gasteiger partial charge on any atom is -0.470 e. The number of aromatic nitrogens is 3. The van der Waals surface area contributed by atoms with Crippen LogP contribution in [0.3, 0.4) is 0 Å². The van der Waals surface area contributed by atoms with Gasteiger partial charge in [-0.25, -0.2) is 13.9 Å². The average molecular weight is 464 g/mol. The summed E-state index contributed by atoms with van der Waals surface area (Å²) in [4.78, 5) is 20.5. The number of nitrogens with zero attached hydrogens (tertiary/aromatic N) is 4. The van der Waals surface area contributed by atoms with Gasteiger partial charge in [0.1, 0.15) is 22.9 Å². The Kier molecular flexibility index (Phi) is 5.38. The largest absolute Gasteiger partial charge is 0.470 e. The van der Waals surface area contributed by atoms with Crippen LogP contribution in [0.1, 0.15) is 67.8 Å². The van der Waals surface area contributed by atoms with E-state index in [2.05, 4.69) is 15.4 Å². The van der Waals surface area contributed by atoms with E-state index in [0.717, 1.165) is 37.5 Å². The van der Waals surface area contributed by atoms with E-state index < -0.39 is 6.23 Å². The predicted octanol–water partition coefficient (Wildman–Crippen LogP) is 5.02. The van der Waals surface area contributed by atoms with Gasteiger partial charge in [0.2, 0.25) is 0 Å². The normalized spacial score (nSPS) is 25.6. The molecule has 178 valence electrons. The second-order valence-electron chi connectivity index (χ2n) is 9.93. The van der Waals surface area contributed by atoms with E-state index in [1.54, 1.807) is 29.0 Å². The predicted molar refractivity (Wildman–Crippen MR) is 126 cm³/mol. The van der Waals surface area contributed by atoms with Crippen LogP contribution >= 0.6 is 0 Å². The number of rotatable bonds is 2. The van der Waals surface area contributed by atoms with Crippen LogP contribution in [0.4, 0.5) is 10.2 Å². The number of fused-ring (bicyclic) bond motifs is 2. The summed E-state index contributed by atoms with van der Waals surface area (Å²) in [6, 6.07) is 6.39. The average Bonchev–Trinajstić information content (AvgIpc) is 3.22. The molecule has 2 aromatic heterocycles. The number of ether oxygens (including phenoxy) is 1. The van der Waals surface area contributed by atoms with Crippen molar-refractivity contribution in [2.24, 2.45) is 11.8 Å². The summed E-state index contributed by atoms with van der Waals surface area (Å²) in [7, 11) is 0. The van der Waals surface area contributed by atoms with E-state index in [0.29, 0.717) is 34.9 Å². The Morgan fingerprint density at radius 2 is 1.88 bits per heavy atom. The van der Waals surface area contributed by atoms with Gasteiger partial charge in [0, 0.05) is 24.3 Å². The molecule has 7 nitrogen and oxygen atoms in total. The molecule has 0 spiro atoms. The van der Waals surface area contributed by atoms with Crippen LogP contribution in [0.2, 0.25) is 0 Å². The molecule has 2 saturated carbocycles. The zero-order valence-corrected chi connectivity index (χ0v) is 19.4. The fourth-order valence-corrected chi connectivity index (χ4v) is 5.87. The van der Waals surface area contributed by atoms with Crippen LogP contribution in [-0.2, 0) is 6.54 Å². The smallest absolute Gasteiger partial charge is 0.262 e. The highest BCUT2D eigenvalue weighted by atomic mass is 19.1. The molecule has 8 heteroatoms. The number of hydrogen-bond acceptors (Lipinski definition) is 5. The van der Waals surface area contributed by atoms with Crippen molar-refractivity contribution in [1.29, 1.82) is 0 Å². The number of amides is 1. The van der Waals surface area contributed by atoms with E-state index in [1.165, 1.54) is 31.4 Å². The number of carbonyl (C=O) groups is 1. The fraction of sp³-hybridized carbons (Fsp3) is 0.500. The Bertz CT molecular complexity index is 1220. The van der Waals surface area contributed by atoms with Gasteiger partial charge < -0.3 is 10.1 Å². The summed E-state index contributed by atoms with van der Waals surface area (Å²) in [5, 5.41) is 7.59. The van der Waals surface area contributed by atoms with E-state index in [9.17, 15) is 9.18 Å². The molecule has 2 aliphatic carbocycles. The number of benzene rings is 1.